The number of carbonyl (C=O) groups is 2. The second kappa shape index (κ2) is 9.34. The Morgan fingerprint density at radius 2 is 2.06 bits per heavy atom. The van der Waals surface area contributed by atoms with Crippen LogP contribution in [-0.2, 0) is 4.79 Å². The molecule has 0 fully saturated rings. The third-order valence-electron chi connectivity index (χ3n) is 2.60. The summed E-state index contributed by atoms with van der Waals surface area (Å²) in [6.07, 6.45) is 8.11. The Balaban J connectivity index is 3.71. The molecular formula is C13H22N2O3. The van der Waals surface area contributed by atoms with E-state index in [0.717, 1.165) is 12.8 Å². The number of carboxylic acid groups (broad SMARTS) is 1. The van der Waals surface area contributed by atoms with Gasteiger partial charge >= 0.3 is 12.0 Å². The molecule has 0 aliphatic carbocycles. The Kier molecular flexibility index (Phi) is 8.46. The fraction of sp³-hybridized carbons (Fsp3) is 0.692. The van der Waals surface area contributed by atoms with Crippen molar-refractivity contribution < 1.29 is 14.7 Å². The molecule has 0 aliphatic rings. The molecule has 2 atom stereocenters. The van der Waals surface area contributed by atoms with Crippen LogP contribution in [-0.4, -0.2) is 29.7 Å². The zero-order valence-electron chi connectivity index (χ0n) is 11.0. The lowest BCUT2D eigenvalue weighted by molar-refractivity contribution is -0.141. The molecule has 0 radical (unpaired) electrons. The first-order valence-electron chi connectivity index (χ1n) is 6.24. The monoisotopic (exact) mass is 254 g/mol. The first-order valence-corrected chi connectivity index (χ1v) is 6.24. The quantitative estimate of drug-likeness (QED) is 0.454. The summed E-state index contributed by atoms with van der Waals surface area (Å²) in [5.74, 6) is 1.32. The van der Waals surface area contributed by atoms with Gasteiger partial charge in [0.2, 0.25) is 0 Å². The minimum Gasteiger partial charge on any atom is -0.481 e. The van der Waals surface area contributed by atoms with Gasteiger partial charge in [0.05, 0.1) is 12.0 Å². The van der Waals surface area contributed by atoms with Crippen molar-refractivity contribution in [1.82, 2.24) is 10.6 Å². The van der Waals surface area contributed by atoms with Crippen molar-refractivity contribution in [1.29, 1.82) is 0 Å². The number of hydrogen-bond donors (Lipinski definition) is 3. The predicted octanol–water partition coefficient (Wildman–Crippen LogP) is 1.59. The highest BCUT2D eigenvalue weighted by atomic mass is 16.4. The zero-order chi connectivity index (χ0) is 14.0. The molecule has 102 valence electrons. The third kappa shape index (κ3) is 7.55. The van der Waals surface area contributed by atoms with Crippen molar-refractivity contribution in [2.45, 2.75) is 45.6 Å². The molecule has 0 spiro atoms. The molecule has 5 heteroatoms. The van der Waals surface area contributed by atoms with Crippen LogP contribution < -0.4 is 10.6 Å². The molecule has 2 unspecified atom stereocenters. The van der Waals surface area contributed by atoms with Crippen LogP contribution >= 0.6 is 0 Å². The third-order valence-corrected chi connectivity index (χ3v) is 2.60. The summed E-state index contributed by atoms with van der Waals surface area (Å²) >= 11 is 0. The maximum Gasteiger partial charge on any atom is 0.315 e. The van der Waals surface area contributed by atoms with Gasteiger partial charge in [-0.3, -0.25) is 4.79 Å². The van der Waals surface area contributed by atoms with Crippen molar-refractivity contribution in [3.05, 3.63) is 0 Å². The maximum atomic E-state index is 11.4. The van der Waals surface area contributed by atoms with Crippen LogP contribution in [0.25, 0.3) is 0 Å². The van der Waals surface area contributed by atoms with Gasteiger partial charge in [0.15, 0.2) is 0 Å². The van der Waals surface area contributed by atoms with Crippen molar-refractivity contribution in [2.75, 3.05) is 6.54 Å². The lowest BCUT2D eigenvalue weighted by Crippen LogP contribution is -2.41. The number of amides is 2. The summed E-state index contributed by atoms with van der Waals surface area (Å²) in [6.45, 7) is 4.10. The molecule has 5 nitrogen and oxygen atoms in total. The Morgan fingerprint density at radius 3 is 2.56 bits per heavy atom. The van der Waals surface area contributed by atoms with E-state index in [9.17, 15) is 9.59 Å². The SMILES string of the molecule is C#CC(CCC)NC(=O)NCCCC(C)C(=O)O. The molecule has 0 saturated carbocycles. The summed E-state index contributed by atoms with van der Waals surface area (Å²) in [4.78, 5) is 22.0. The first kappa shape index (κ1) is 16.3. The highest BCUT2D eigenvalue weighted by Crippen LogP contribution is 2.04. The first-order chi connectivity index (χ1) is 8.51. The minimum atomic E-state index is -0.810. The van der Waals surface area contributed by atoms with E-state index in [4.69, 9.17) is 11.5 Å². The molecule has 0 bridgehead atoms. The summed E-state index contributed by atoms with van der Waals surface area (Å²) in [6, 6.07) is -0.540. The fourth-order valence-electron chi connectivity index (χ4n) is 1.43. The number of aliphatic carboxylic acids is 1. The Labute approximate surface area is 108 Å². The molecular weight excluding hydrogens is 232 g/mol. The van der Waals surface area contributed by atoms with Crippen LogP contribution in [0.3, 0.4) is 0 Å². The highest BCUT2D eigenvalue weighted by Gasteiger charge is 2.11. The fourth-order valence-corrected chi connectivity index (χ4v) is 1.43. The van der Waals surface area contributed by atoms with Crippen LogP contribution in [0, 0.1) is 18.3 Å². The second-order valence-corrected chi connectivity index (χ2v) is 4.29. The summed E-state index contributed by atoms with van der Waals surface area (Å²) in [5, 5.41) is 14.0. The van der Waals surface area contributed by atoms with E-state index in [-0.39, 0.29) is 18.0 Å². The molecule has 0 aromatic carbocycles. The zero-order valence-corrected chi connectivity index (χ0v) is 11.0. The van der Waals surface area contributed by atoms with Gasteiger partial charge in [0.25, 0.3) is 0 Å². The van der Waals surface area contributed by atoms with Crippen molar-refractivity contribution in [3.63, 3.8) is 0 Å². The van der Waals surface area contributed by atoms with Crippen molar-refractivity contribution >= 4 is 12.0 Å². The number of carboxylic acids is 1. The smallest absolute Gasteiger partial charge is 0.315 e. The highest BCUT2D eigenvalue weighted by molar-refractivity contribution is 5.74. The van der Waals surface area contributed by atoms with Gasteiger partial charge in [-0.15, -0.1) is 6.42 Å². The van der Waals surface area contributed by atoms with Gasteiger partial charge in [-0.25, -0.2) is 4.79 Å². The predicted molar refractivity (Wildman–Crippen MR) is 70.1 cm³/mol. The lowest BCUT2D eigenvalue weighted by atomic mass is 10.1. The van der Waals surface area contributed by atoms with E-state index >= 15 is 0 Å². The van der Waals surface area contributed by atoms with Gasteiger partial charge < -0.3 is 15.7 Å². The lowest BCUT2D eigenvalue weighted by Gasteiger charge is -2.13. The van der Waals surface area contributed by atoms with E-state index in [1.165, 1.54) is 0 Å². The number of terminal acetylenes is 1. The minimum absolute atomic E-state index is 0.243. The molecule has 0 aromatic heterocycles. The van der Waals surface area contributed by atoms with Crippen LogP contribution in [0.2, 0.25) is 0 Å². The van der Waals surface area contributed by atoms with E-state index in [1.807, 2.05) is 6.92 Å². The van der Waals surface area contributed by atoms with E-state index in [0.29, 0.717) is 19.4 Å². The number of nitrogens with one attached hydrogen (secondary N) is 2. The Bertz CT molecular complexity index is 310. The number of hydrogen-bond acceptors (Lipinski definition) is 2. The van der Waals surface area contributed by atoms with E-state index < -0.39 is 5.97 Å². The molecule has 2 amide bonds. The number of carbonyl (C=O) groups excluding carboxylic acids is 1. The number of rotatable bonds is 8. The molecule has 0 heterocycles. The largest absolute Gasteiger partial charge is 0.481 e. The summed E-state index contributed by atoms with van der Waals surface area (Å²) in [7, 11) is 0. The second-order valence-electron chi connectivity index (χ2n) is 4.29. The van der Waals surface area contributed by atoms with Gasteiger partial charge in [0.1, 0.15) is 0 Å². The van der Waals surface area contributed by atoms with Crippen LogP contribution in [0.15, 0.2) is 0 Å². The molecule has 0 rings (SSSR count). The normalized spacial score (nSPS) is 13.2. The van der Waals surface area contributed by atoms with E-state index in [1.54, 1.807) is 6.92 Å². The molecule has 0 aliphatic heterocycles. The topological polar surface area (TPSA) is 78.4 Å². The van der Waals surface area contributed by atoms with Gasteiger partial charge in [-0.1, -0.05) is 26.2 Å². The molecule has 0 saturated heterocycles. The number of urea groups is 1. The van der Waals surface area contributed by atoms with Crippen LogP contribution in [0.4, 0.5) is 4.79 Å². The molecule has 3 N–H and O–H groups in total. The Morgan fingerprint density at radius 1 is 1.39 bits per heavy atom. The van der Waals surface area contributed by atoms with E-state index in [2.05, 4.69) is 16.6 Å². The van der Waals surface area contributed by atoms with Gasteiger partial charge in [-0.05, 0) is 19.3 Å². The molecule has 18 heavy (non-hydrogen) atoms. The maximum absolute atomic E-state index is 11.4. The summed E-state index contributed by atoms with van der Waals surface area (Å²) in [5.41, 5.74) is 0. The average molecular weight is 254 g/mol. The average Bonchev–Trinajstić information content (AvgIpc) is 2.33. The van der Waals surface area contributed by atoms with Gasteiger partial charge in [-0.2, -0.15) is 0 Å². The van der Waals surface area contributed by atoms with Crippen molar-refractivity contribution in [3.8, 4) is 12.3 Å². The Hall–Kier alpha value is -1.70. The van der Waals surface area contributed by atoms with Crippen molar-refractivity contribution in [2.24, 2.45) is 5.92 Å². The summed E-state index contributed by atoms with van der Waals surface area (Å²) < 4.78 is 0. The van der Waals surface area contributed by atoms with Crippen LogP contribution in [0.1, 0.15) is 39.5 Å². The van der Waals surface area contributed by atoms with Crippen LogP contribution in [0.5, 0.6) is 0 Å². The molecule has 0 aromatic rings. The van der Waals surface area contributed by atoms with Gasteiger partial charge in [0, 0.05) is 6.54 Å². The standard InChI is InChI=1S/C13H22N2O3/c1-4-7-11(5-2)15-13(18)14-9-6-8-10(3)12(16)17/h2,10-11H,4,6-9H2,1,3H3,(H,16,17)(H2,14,15,18).